The van der Waals surface area contributed by atoms with Crippen molar-refractivity contribution in [3.63, 3.8) is 0 Å². The van der Waals surface area contributed by atoms with Gasteiger partial charge < -0.3 is 15.2 Å². The highest BCUT2D eigenvalue weighted by atomic mass is 35.5. The number of rotatable bonds is 7. The minimum Gasteiger partial charge on any atom is -0.490 e. The number of nitrogens with two attached hydrogens (primary N) is 1. The SMILES string of the molecule is CCCOc1cc(Cl)c(C=NNC(N)=O)cc1OCC. The molecular weight excluding hydrogens is 282 g/mol. The lowest BCUT2D eigenvalue weighted by Crippen LogP contribution is -2.24. The Morgan fingerprint density at radius 1 is 1.40 bits per heavy atom. The minimum absolute atomic E-state index is 0.439. The maximum absolute atomic E-state index is 10.5. The van der Waals surface area contributed by atoms with Crippen LogP contribution >= 0.6 is 11.6 Å². The van der Waals surface area contributed by atoms with E-state index in [1.165, 1.54) is 6.21 Å². The number of benzene rings is 1. The Morgan fingerprint density at radius 2 is 2.10 bits per heavy atom. The van der Waals surface area contributed by atoms with Gasteiger partial charge in [0.15, 0.2) is 11.5 Å². The minimum atomic E-state index is -0.745. The lowest BCUT2D eigenvalue weighted by Gasteiger charge is -2.13. The fraction of sp³-hybridized carbons (Fsp3) is 0.385. The molecule has 0 fully saturated rings. The summed E-state index contributed by atoms with van der Waals surface area (Å²) < 4.78 is 11.1. The largest absolute Gasteiger partial charge is 0.490 e. The van der Waals surface area contributed by atoms with E-state index in [0.717, 1.165) is 6.42 Å². The zero-order chi connectivity index (χ0) is 15.0. The highest BCUT2D eigenvalue weighted by molar-refractivity contribution is 6.33. The molecule has 0 bridgehead atoms. The van der Waals surface area contributed by atoms with Crippen LogP contribution in [0, 0.1) is 0 Å². The molecule has 6 nitrogen and oxygen atoms in total. The summed E-state index contributed by atoms with van der Waals surface area (Å²) in [4.78, 5) is 10.5. The van der Waals surface area contributed by atoms with Crippen molar-refractivity contribution in [1.29, 1.82) is 0 Å². The second-order valence-corrected chi connectivity index (χ2v) is 4.24. The summed E-state index contributed by atoms with van der Waals surface area (Å²) in [5.74, 6) is 1.16. The van der Waals surface area contributed by atoms with Gasteiger partial charge in [-0.15, -0.1) is 0 Å². The average Bonchev–Trinajstić information content (AvgIpc) is 2.40. The van der Waals surface area contributed by atoms with Gasteiger partial charge in [-0.3, -0.25) is 0 Å². The molecule has 0 atom stereocenters. The normalized spacial score (nSPS) is 10.6. The number of primary amides is 1. The summed E-state index contributed by atoms with van der Waals surface area (Å²) in [5.41, 5.74) is 7.60. The van der Waals surface area contributed by atoms with Crippen LogP contribution in [-0.2, 0) is 0 Å². The predicted molar refractivity (Wildman–Crippen MR) is 78.7 cm³/mol. The third kappa shape index (κ3) is 4.97. The van der Waals surface area contributed by atoms with Gasteiger partial charge >= 0.3 is 6.03 Å². The first-order valence-electron chi connectivity index (χ1n) is 6.26. The molecule has 1 aromatic rings. The van der Waals surface area contributed by atoms with Gasteiger partial charge in [-0.2, -0.15) is 5.10 Å². The van der Waals surface area contributed by atoms with Crippen molar-refractivity contribution in [2.24, 2.45) is 10.8 Å². The number of hydrazone groups is 1. The van der Waals surface area contributed by atoms with E-state index in [-0.39, 0.29) is 0 Å². The Kier molecular flexibility index (Phi) is 6.66. The zero-order valence-corrected chi connectivity index (χ0v) is 12.2. The first kappa shape index (κ1) is 16.1. The van der Waals surface area contributed by atoms with E-state index in [2.05, 4.69) is 10.5 Å². The third-order valence-corrected chi connectivity index (χ3v) is 2.53. The molecule has 0 saturated heterocycles. The molecule has 0 unspecified atom stereocenters. The molecule has 0 heterocycles. The number of nitrogens with one attached hydrogen (secondary N) is 1. The Labute approximate surface area is 122 Å². The molecule has 0 aliphatic rings. The van der Waals surface area contributed by atoms with E-state index in [0.29, 0.717) is 35.3 Å². The molecule has 0 aliphatic heterocycles. The average molecular weight is 300 g/mol. The number of nitrogens with zero attached hydrogens (tertiary/aromatic N) is 1. The second kappa shape index (κ2) is 8.27. The first-order chi connectivity index (χ1) is 9.58. The first-order valence-corrected chi connectivity index (χ1v) is 6.63. The van der Waals surface area contributed by atoms with Crippen LogP contribution in [-0.4, -0.2) is 25.5 Å². The molecular formula is C13H18ClN3O3. The van der Waals surface area contributed by atoms with Crippen LogP contribution in [0.2, 0.25) is 5.02 Å². The zero-order valence-electron chi connectivity index (χ0n) is 11.5. The Balaban J connectivity index is 2.99. The quantitative estimate of drug-likeness (QED) is 0.599. The maximum Gasteiger partial charge on any atom is 0.332 e. The van der Waals surface area contributed by atoms with Gasteiger partial charge in [-0.05, 0) is 19.4 Å². The molecule has 0 aromatic heterocycles. The predicted octanol–water partition coefficient (Wildman–Crippen LogP) is 2.53. The van der Waals surface area contributed by atoms with Crippen LogP contribution in [0.4, 0.5) is 4.79 Å². The van der Waals surface area contributed by atoms with E-state index in [1.54, 1.807) is 12.1 Å². The summed E-state index contributed by atoms with van der Waals surface area (Å²) >= 11 is 6.13. The second-order valence-electron chi connectivity index (χ2n) is 3.84. The van der Waals surface area contributed by atoms with Crippen LogP contribution in [0.5, 0.6) is 11.5 Å². The molecule has 7 heteroatoms. The van der Waals surface area contributed by atoms with Gasteiger partial charge in [0.2, 0.25) is 0 Å². The summed E-state index contributed by atoms with van der Waals surface area (Å²) in [6.45, 7) is 4.96. The van der Waals surface area contributed by atoms with Gasteiger partial charge in [-0.1, -0.05) is 18.5 Å². The molecule has 0 aliphatic carbocycles. The fourth-order valence-electron chi connectivity index (χ4n) is 1.41. The topological polar surface area (TPSA) is 85.9 Å². The number of halogens is 1. The number of amides is 2. The molecule has 0 saturated carbocycles. The number of hydrogen-bond donors (Lipinski definition) is 2. The Hall–Kier alpha value is -1.95. The number of ether oxygens (including phenoxy) is 2. The molecule has 3 N–H and O–H groups in total. The molecule has 1 aromatic carbocycles. The number of carbonyl (C=O) groups is 1. The van der Waals surface area contributed by atoms with Crippen molar-refractivity contribution in [3.8, 4) is 11.5 Å². The standard InChI is InChI=1S/C13H18ClN3O3/c1-3-5-20-12-7-10(14)9(6-11(12)19-4-2)8-16-17-13(15)18/h6-8H,3-5H2,1-2H3,(H3,15,17,18). The lowest BCUT2D eigenvalue weighted by molar-refractivity contribution is 0.249. The number of carbonyl (C=O) groups excluding carboxylic acids is 1. The number of hydrogen-bond acceptors (Lipinski definition) is 4. The van der Waals surface area contributed by atoms with E-state index in [4.69, 9.17) is 26.8 Å². The van der Waals surface area contributed by atoms with Crippen molar-refractivity contribution >= 4 is 23.8 Å². The number of urea groups is 1. The molecule has 110 valence electrons. The van der Waals surface area contributed by atoms with Gasteiger partial charge in [0, 0.05) is 11.6 Å². The van der Waals surface area contributed by atoms with Gasteiger partial charge in [-0.25, -0.2) is 10.2 Å². The lowest BCUT2D eigenvalue weighted by atomic mass is 10.2. The fourth-order valence-corrected chi connectivity index (χ4v) is 1.61. The van der Waals surface area contributed by atoms with E-state index in [9.17, 15) is 4.79 Å². The van der Waals surface area contributed by atoms with Crippen molar-refractivity contribution in [3.05, 3.63) is 22.7 Å². The van der Waals surface area contributed by atoms with Crippen LogP contribution in [0.15, 0.2) is 17.2 Å². The Morgan fingerprint density at radius 3 is 2.70 bits per heavy atom. The summed E-state index contributed by atoms with van der Waals surface area (Å²) in [6, 6.07) is 2.61. The van der Waals surface area contributed by atoms with Gasteiger partial charge in [0.25, 0.3) is 0 Å². The summed E-state index contributed by atoms with van der Waals surface area (Å²) in [6.07, 6.45) is 2.27. The Bertz CT molecular complexity index is 492. The van der Waals surface area contributed by atoms with Crippen molar-refractivity contribution in [1.82, 2.24) is 5.43 Å². The molecule has 0 radical (unpaired) electrons. The highest BCUT2D eigenvalue weighted by Gasteiger charge is 2.10. The van der Waals surface area contributed by atoms with Crippen molar-refractivity contribution < 1.29 is 14.3 Å². The van der Waals surface area contributed by atoms with E-state index in [1.807, 2.05) is 13.8 Å². The molecule has 0 spiro atoms. The molecule has 20 heavy (non-hydrogen) atoms. The van der Waals surface area contributed by atoms with Crippen LogP contribution in [0.25, 0.3) is 0 Å². The monoisotopic (exact) mass is 299 g/mol. The maximum atomic E-state index is 10.5. The van der Waals surface area contributed by atoms with E-state index < -0.39 is 6.03 Å². The molecule has 2 amide bonds. The van der Waals surface area contributed by atoms with Crippen molar-refractivity contribution in [2.75, 3.05) is 13.2 Å². The van der Waals surface area contributed by atoms with Gasteiger partial charge in [0.05, 0.1) is 24.5 Å². The summed E-state index contributed by atoms with van der Waals surface area (Å²) in [5, 5.41) is 4.10. The van der Waals surface area contributed by atoms with Crippen LogP contribution < -0.4 is 20.6 Å². The third-order valence-electron chi connectivity index (χ3n) is 2.20. The van der Waals surface area contributed by atoms with Gasteiger partial charge in [0.1, 0.15) is 0 Å². The smallest absolute Gasteiger partial charge is 0.332 e. The van der Waals surface area contributed by atoms with Crippen LogP contribution in [0.1, 0.15) is 25.8 Å². The summed E-state index contributed by atoms with van der Waals surface area (Å²) in [7, 11) is 0. The van der Waals surface area contributed by atoms with E-state index >= 15 is 0 Å². The molecule has 1 rings (SSSR count). The van der Waals surface area contributed by atoms with Crippen molar-refractivity contribution in [2.45, 2.75) is 20.3 Å². The highest BCUT2D eigenvalue weighted by Crippen LogP contribution is 2.33. The van der Waals surface area contributed by atoms with Crippen LogP contribution in [0.3, 0.4) is 0 Å².